The number of benzene rings is 2. The topological polar surface area (TPSA) is 76.1 Å². The summed E-state index contributed by atoms with van der Waals surface area (Å²) in [5.74, 6) is 1.03. The SMILES string of the molecule is COc1ccccc1CNC(=O)c1cc(Nc2ccc(C)cc2C)ncn1. The summed E-state index contributed by atoms with van der Waals surface area (Å²) in [4.78, 5) is 20.7. The van der Waals surface area contributed by atoms with Crippen LogP contribution < -0.4 is 15.4 Å². The zero-order valence-corrected chi connectivity index (χ0v) is 15.6. The highest BCUT2D eigenvalue weighted by molar-refractivity contribution is 5.93. The van der Waals surface area contributed by atoms with Crippen LogP contribution >= 0.6 is 0 Å². The van der Waals surface area contributed by atoms with E-state index in [-0.39, 0.29) is 5.91 Å². The van der Waals surface area contributed by atoms with Crippen molar-refractivity contribution in [3.63, 3.8) is 0 Å². The molecule has 2 N–H and O–H groups in total. The summed E-state index contributed by atoms with van der Waals surface area (Å²) in [6, 6.07) is 15.3. The van der Waals surface area contributed by atoms with Gasteiger partial charge in [0, 0.05) is 23.9 Å². The number of aryl methyl sites for hydroxylation is 2. The van der Waals surface area contributed by atoms with Crippen molar-refractivity contribution in [3.8, 4) is 5.75 Å². The number of hydrogen-bond donors (Lipinski definition) is 2. The van der Waals surface area contributed by atoms with Gasteiger partial charge in [-0.2, -0.15) is 0 Å². The summed E-state index contributed by atoms with van der Waals surface area (Å²) < 4.78 is 5.30. The maximum absolute atomic E-state index is 12.5. The van der Waals surface area contributed by atoms with Gasteiger partial charge in [0.15, 0.2) is 0 Å². The first kappa shape index (κ1) is 18.4. The number of amides is 1. The predicted octanol–water partition coefficient (Wildman–Crippen LogP) is 3.78. The van der Waals surface area contributed by atoms with Crippen molar-refractivity contribution in [1.29, 1.82) is 0 Å². The van der Waals surface area contributed by atoms with Crippen molar-refractivity contribution in [2.24, 2.45) is 0 Å². The van der Waals surface area contributed by atoms with Crippen LogP contribution in [0.25, 0.3) is 0 Å². The number of aromatic nitrogens is 2. The van der Waals surface area contributed by atoms with Crippen LogP contribution in [0.1, 0.15) is 27.2 Å². The summed E-state index contributed by atoms with van der Waals surface area (Å²) in [6.07, 6.45) is 1.38. The van der Waals surface area contributed by atoms with E-state index in [1.807, 2.05) is 50.2 Å². The van der Waals surface area contributed by atoms with Crippen molar-refractivity contribution in [1.82, 2.24) is 15.3 Å². The molecule has 0 spiro atoms. The molecular weight excluding hydrogens is 340 g/mol. The van der Waals surface area contributed by atoms with Crippen molar-refractivity contribution >= 4 is 17.4 Å². The Morgan fingerprint density at radius 2 is 1.89 bits per heavy atom. The number of para-hydroxylation sites is 1. The number of rotatable bonds is 6. The van der Waals surface area contributed by atoms with Crippen molar-refractivity contribution < 1.29 is 9.53 Å². The van der Waals surface area contributed by atoms with Crippen LogP contribution in [0.3, 0.4) is 0 Å². The molecule has 0 fully saturated rings. The standard InChI is InChI=1S/C21H22N4O2/c1-14-8-9-17(15(2)10-14)25-20-11-18(23-13-24-20)21(26)22-12-16-6-4-5-7-19(16)27-3/h4-11,13H,12H2,1-3H3,(H,22,26)(H,23,24,25). The van der Waals surface area contributed by atoms with E-state index < -0.39 is 0 Å². The second-order valence-electron chi connectivity index (χ2n) is 6.23. The van der Waals surface area contributed by atoms with E-state index >= 15 is 0 Å². The molecule has 27 heavy (non-hydrogen) atoms. The number of hydrogen-bond acceptors (Lipinski definition) is 5. The van der Waals surface area contributed by atoms with Gasteiger partial charge in [0.1, 0.15) is 23.6 Å². The lowest BCUT2D eigenvalue weighted by Gasteiger charge is -2.11. The first-order chi connectivity index (χ1) is 13.1. The average molecular weight is 362 g/mol. The first-order valence-corrected chi connectivity index (χ1v) is 8.63. The molecule has 1 aromatic heterocycles. The van der Waals surface area contributed by atoms with Gasteiger partial charge in [0.05, 0.1) is 7.11 Å². The number of ether oxygens (including phenoxy) is 1. The van der Waals surface area contributed by atoms with Crippen LogP contribution in [0.5, 0.6) is 5.75 Å². The normalized spacial score (nSPS) is 10.3. The van der Waals surface area contributed by atoms with E-state index in [1.54, 1.807) is 13.2 Å². The van der Waals surface area contributed by atoms with Crippen molar-refractivity contribution in [3.05, 3.63) is 77.2 Å². The summed E-state index contributed by atoms with van der Waals surface area (Å²) in [7, 11) is 1.61. The average Bonchev–Trinajstić information content (AvgIpc) is 2.68. The van der Waals surface area contributed by atoms with Gasteiger partial charge < -0.3 is 15.4 Å². The van der Waals surface area contributed by atoms with E-state index in [4.69, 9.17) is 4.74 Å². The Kier molecular flexibility index (Phi) is 5.66. The predicted molar refractivity (Wildman–Crippen MR) is 105 cm³/mol. The molecule has 3 rings (SSSR count). The quantitative estimate of drug-likeness (QED) is 0.698. The smallest absolute Gasteiger partial charge is 0.270 e. The Morgan fingerprint density at radius 1 is 1.07 bits per heavy atom. The Hall–Kier alpha value is -3.41. The number of carbonyl (C=O) groups excluding carboxylic acids is 1. The van der Waals surface area contributed by atoms with Crippen LogP contribution in [0, 0.1) is 13.8 Å². The summed E-state index contributed by atoms with van der Waals surface area (Å²) in [6.45, 7) is 4.43. The van der Waals surface area contributed by atoms with Gasteiger partial charge in [-0.1, -0.05) is 35.9 Å². The van der Waals surface area contributed by atoms with E-state index in [1.165, 1.54) is 11.9 Å². The fourth-order valence-electron chi connectivity index (χ4n) is 2.76. The lowest BCUT2D eigenvalue weighted by Crippen LogP contribution is -2.24. The highest BCUT2D eigenvalue weighted by atomic mass is 16.5. The molecule has 6 nitrogen and oxygen atoms in total. The molecule has 0 aliphatic rings. The van der Waals surface area contributed by atoms with Gasteiger partial charge in [0.2, 0.25) is 0 Å². The van der Waals surface area contributed by atoms with Crippen LogP contribution in [-0.2, 0) is 6.54 Å². The molecule has 3 aromatic rings. The van der Waals surface area contributed by atoms with Gasteiger partial charge in [-0.25, -0.2) is 9.97 Å². The van der Waals surface area contributed by atoms with E-state index in [9.17, 15) is 4.79 Å². The lowest BCUT2D eigenvalue weighted by atomic mass is 10.1. The van der Waals surface area contributed by atoms with E-state index in [0.29, 0.717) is 18.1 Å². The molecular formula is C21H22N4O2. The molecule has 6 heteroatoms. The van der Waals surface area contributed by atoms with Crippen LogP contribution in [-0.4, -0.2) is 23.0 Å². The molecule has 0 bridgehead atoms. The highest BCUT2D eigenvalue weighted by Crippen LogP contribution is 2.20. The summed E-state index contributed by atoms with van der Waals surface area (Å²) in [5.41, 5.74) is 4.44. The third-order valence-corrected chi connectivity index (χ3v) is 4.18. The second-order valence-corrected chi connectivity index (χ2v) is 6.23. The number of nitrogens with one attached hydrogen (secondary N) is 2. The lowest BCUT2D eigenvalue weighted by molar-refractivity contribution is 0.0945. The molecule has 0 atom stereocenters. The Balaban J connectivity index is 1.70. The summed E-state index contributed by atoms with van der Waals surface area (Å²) in [5, 5.41) is 6.10. The molecule has 0 aliphatic heterocycles. The monoisotopic (exact) mass is 362 g/mol. The van der Waals surface area contributed by atoms with Gasteiger partial charge in [-0.3, -0.25) is 4.79 Å². The fourth-order valence-corrected chi connectivity index (χ4v) is 2.76. The largest absolute Gasteiger partial charge is 0.496 e. The van der Waals surface area contributed by atoms with Crippen LogP contribution in [0.15, 0.2) is 54.9 Å². The third-order valence-electron chi connectivity index (χ3n) is 4.18. The molecule has 0 aliphatic carbocycles. The minimum absolute atomic E-state index is 0.271. The maximum Gasteiger partial charge on any atom is 0.270 e. The molecule has 1 heterocycles. The summed E-state index contributed by atoms with van der Waals surface area (Å²) >= 11 is 0. The molecule has 0 saturated carbocycles. The molecule has 1 amide bonds. The zero-order chi connectivity index (χ0) is 19.2. The van der Waals surface area contributed by atoms with Crippen molar-refractivity contribution in [2.75, 3.05) is 12.4 Å². The van der Waals surface area contributed by atoms with Gasteiger partial charge >= 0.3 is 0 Å². The fraction of sp³-hybridized carbons (Fsp3) is 0.190. The number of anilines is 2. The second kappa shape index (κ2) is 8.31. The van der Waals surface area contributed by atoms with Crippen LogP contribution in [0.2, 0.25) is 0 Å². The Labute approximate surface area is 158 Å². The zero-order valence-electron chi connectivity index (χ0n) is 15.6. The number of nitrogens with zero attached hydrogens (tertiary/aromatic N) is 2. The van der Waals surface area contributed by atoms with E-state index in [2.05, 4.69) is 26.7 Å². The minimum atomic E-state index is -0.271. The number of methoxy groups -OCH3 is 1. The Morgan fingerprint density at radius 3 is 2.67 bits per heavy atom. The van der Waals surface area contributed by atoms with Gasteiger partial charge in [-0.15, -0.1) is 0 Å². The minimum Gasteiger partial charge on any atom is -0.496 e. The molecule has 138 valence electrons. The number of carbonyl (C=O) groups is 1. The van der Waals surface area contributed by atoms with Crippen molar-refractivity contribution in [2.45, 2.75) is 20.4 Å². The molecule has 2 aromatic carbocycles. The van der Waals surface area contributed by atoms with Gasteiger partial charge in [-0.05, 0) is 31.5 Å². The molecule has 0 saturated heterocycles. The van der Waals surface area contributed by atoms with E-state index in [0.717, 1.165) is 22.6 Å². The Bertz CT molecular complexity index is 956. The third kappa shape index (κ3) is 4.61. The first-order valence-electron chi connectivity index (χ1n) is 8.63. The maximum atomic E-state index is 12.5. The molecule has 0 radical (unpaired) electrons. The molecule has 0 unspecified atom stereocenters. The van der Waals surface area contributed by atoms with Gasteiger partial charge in [0.25, 0.3) is 5.91 Å². The van der Waals surface area contributed by atoms with Crippen LogP contribution in [0.4, 0.5) is 11.5 Å². The highest BCUT2D eigenvalue weighted by Gasteiger charge is 2.11.